The van der Waals surface area contributed by atoms with Crippen molar-refractivity contribution in [2.75, 3.05) is 0 Å². The highest BCUT2D eigenvalue weighted by Crippen LogP contribution is 2.35. The summed E-state index contributed by atoms with van der Waals surface area (Å²) < 4.78 is 5.83. The van der Waals surface area contributed by atoms with Gasteiger partial charge in [-0.1, -0.05) is 37.3 Å². The molecular weight excluding hydrogens is 248 g/mol. The first kappa shape index (κ1) is 12.0. The Labute approximate surface area is 111 Å². The molecule has 1 aliphatic carbocycles. The monoisotopic (exact) mass is 264 g/mol. The Balaban J connectivity index is 2.02. The summed E-state index contributed by atoms with van der Waals surface area (Å²) in [5, 5.41) is 0.664. The number of halogens is 1. The van der Waals surface area contributed by atoms with Crippen molar-refractivity contribution in [1.82, 2.24) is 4.98 Å². The van der Waals surface area contributed by atoms with Crippen LogP contribution in [0.2, 0.25) is 5.02 Å². The molecule has 0 saturated heterocycles. The molecule has 0 unspecified atom stereocenters. The normalized spacial score (nSPS) is 19.9. The maximum absolute atomic E-state index is 6.49. The Hall–Kier alpha value is -1.06. The molecule has 1 aromatic heterocycles. The summed E-state index contributed by atoms with van der Waals surface area (Å²) in [6, 6.07) is 5.50. The molecule has 4 heteroatoms. The van der Waals surface area contributed by atoms with Crippen LogP contribution in [-0.2, 0) is 5.54 Å². The summed E-state index contributed by atoms with van der Waals surface area (Å²) in [6.45, 7) is 0. The van der Waals surface area contributed by atoms with Gasteiger partial charge < -0.3 is 10.2 Å². The third-order valence-electron chi connectivity index (χ3n) is 3.77. The number of oxazole rings is 1. The van der Waals surface area contributed by atoms with Crippen molar-refractivity contribution in [1.29, 1.82) is 0 Å². The van der Waals surface area contributed by atoms with Gasteiger partial charge in [-0.15, -0.1) is 0 Å². The lowest BCUT2D eigenvalue weighted by molar-refractivity contribution is 0.301. The van der Waals surface area contributed by atoms with E-state index in [1.807, 2.05) is 12.1 Å². The molecule has 3 nitrogen and oxygen atoms in total. The fraction of sp³-hybridized carbons (Fsp3) is 0.500. The third-order valence-corrected chi connectivity index (χ3v) is 4.01. The Morgan fingerprint density at radius 3 is 2.61 bits per heavy atom. The molecule has 2 aromatic rings. The van der Waals surface area contributed by atoms with Gasteiger partial charge in [-0.25, -0.2) is 4.98 Å². The highest BCUT2D eigenvalue weighted by atomic mass is 35.5. The van der Waals surface area contributed by atoms with Gasteiger partial charge in [0.05, 0.1) is 5.54 Å². The second kappa shape index (κ2) is 4.56. The number of aromatic nitrogens is 1. The zero-order valence-electron chi connectivity index (χ0n) is 10.3. The molecule has 1 saturated carbocycles. The summed E-state index contributed by atoms with van der Waals surface area (Å²) in [6.07, 6.45) is 6.71. The molecule has 1 heterocycles. The highest BCUT2D eigenvalue weighted by molar-refractivity contribution is 6.31. The molecule has 96 valence electrons. The molecule has 0 amide bonds. The van der Waals surface area contributed by atoms with Gasteiger partial charge in [0.15, 0.2) is 5.58 Å². The minimum atomic E-state index is -0.401. The SMILES string of the molecule is NC1(c2nc3ccc(Cl)cc3o2)CCCCCC1. The number of rotatable bonds is 1. The van der Waals surface area contributed by atoms with Crippen LogP contribution in [0.4, 0.5) is 0 Å². The van der Waals surface area contributed by atoms with E-state index in [9.17, 15) is 0 Å². The quantitative estimate of drug-likeness (QED) is 0.793. The van der Waals surface area contributed by atoms with Crippen LogP contribution in [0.5, 0.6) is 0 Å². The molecule has 0 radical (unpaired) electrons. The van der Waals surface area contributed by atoms with E-state index >= 15 is 0 Å². The molecule has 2 N–H and O–H groups in total. The Bertz CT molecular complexity index is 556. The number of nitrogens with zero attached hydrogens (tertiary/aromatic N) is 1. The van der Waals surface area contributed by atoms with Crippen molar-refractivity contribution in [2.45, 2.75) is 44.1 Å². The van der Waals surface area contributed by atoms with Gasteiger partial charge in [-0.05, 0) is 25.0 Å². The molecule has 1 fully saturated rings. The Morgan fingerprint density at radius 2 is 1.89 bits per heavy atom. The summed E-state index contributed by atoms with van der Waals surface area (Å²) in [7, 11) is 0. The van der Waals surface area contributed by atoms with Crippen LogP contribution in [0.1, 0.15) is 44.4 Å². The predicted octanol–water partition coefficient (Wildman–Crippen LogP) is 3.99. The van der Waals surface area contributed by atoms with E-state index in [-0.39, 0.29) is 0 Å². The smallest absolute Gasteiger partial charge is 0.215 e. The van der Waals surface area contributed by atoms with Gasteiger partial charge in [0, 0.05) is 11.1 Å². The molecule has 1 aromatic carbocycles. The lowest BCUT2D eigenvalue weighted by Gasteiger charge is -2.23. The average Bonchev–Trinajstić information content (AvgIpc) is 2.65. The number of nitrogens with two attached hydrogens (primary N) is 1. The Morgan fingerprint density at radius 1 is 1.17 bits per heavy atom. The maximum Gasteiger partial charge on any atom is 0.215 e. The van der Waals surface area contributed by atoms with E-state index in [0.29, 0.717) is 10.9 Å². The molecule has 3 rings (SSSR count). The third kappa shape index (κ3) is 2.13. The van der Waals surface area contributed by atoms with Crippen molar-refractivity contribution in [3.8, 4) is 0 Å². The molecule has 18 heavy (non-hydrogen) atoms. The van der Waals surface area contributed by atoms with Crippen molar-refractivity contribution >= 4 is 22.7 Å². The molecule has 0 bridgehead atoms. The second-order valence-electron chi connectivity index (χ2n) is 5.20. The standard InChI is InChI=1S/C14H17ClN2O/c15-10-5-6-11-12(9-10)18-13(17-11)14(16)7-3-1-2-4-8-14/h5-6,9H,1-4,7-8,16H2. The topological polar surface area (TPSA) is 52.0 Å². The zero-order chi connectivity index (χ0) is 12.6. The van der Waals surface area contributed by atoms with Crippen LogP contribution in [0.3, 0.4) is 0 Å². The average molecular weight is 265 g/mol. The fourth-order valence-electron chi connectivity index (χ4n) is 2.68. The minimum absolute atomic E-state index is 0.401. The Kier molecular flexibility index (Phi) is 3.04. The van der Waals surface area contributed by atoms with Crippen LogP contribution in [0.25, 0.3) is 11.1 Å². The molecule has 0 aliphatic heterocycles. The molecule has 1 aliphatic rings. The van der Waals surface area contributed by atoms with Gasteiger partial charge in [-0.2, -0.15) is 0 Å². The van der Waals surface area contributed by atoms with Crippen LogP contribution in [-0.4, -0.2) is 4.98 Å². The molecule has 0 atom stereocenters. The summed E-state index contributed by atoms with van der Waals surface area (Å²) in [4.78, 5) is 4.54. The molecule has 0 spiro atoms. The van der Waals surface area contributed by atoms with Crippen molar-refractivity contribution in [3.63, 3.8) is 0 Å². The predicted molar refractivity (Wildman–Crippen MR) is 72.6 cm³/mol. The van der Waals surface area contributed by atoms with Crippen molar-refractivity contribution in [3.05, 3.63) is 29.1 Å². The van der Waals surface area contributed by atoms with E-state index in [4.69, 9.17) is 21.8 Å². The number of hydrogen-bond donors (Lipinski definition) is 1. The summed E-state index contributed by atoms with van der Waals surface area (Å²) >= 11 is 5.96. The maximum atomic E-state index is 6.49. The van der Waals surface area contributed by atoms with E-state index in [1.165, 1.54) is 12.8 Å². The number of benzene rings is 1. The first-order valence-electron chi connectivity index (χ1n) is 6.53. The minimum Gasteiger partial charge on any atom is -0.439 e. The molecular formula is C14H17ClN2O. The lowest BCUT2D eigenvalue weighted by Crippen LogP contribution is -2.36. The number of fused-ring (bicyclic) bond motifs is 1. The van der Waals surface area contributed by atoms with Gasteiger partial charge in [-0.3, -0.25) is 0 Å². The van der Waals surface area contributed by atoms with Crippen molar-refractivity contribution in [2.24, 2.45) is 5.73 Å². The van der Waals surface area contributed by atoms with E-state index in [0.717, 1.165) is 36.8 Å². The second-order valence-corrected chi connectivity index (χ2v) is 5.64. The van der Waals surface area contributed by atoms with E-state index in [1.54, 1.807) is 6.07 Å². The largest absolute Gasteiger partial charge is 0.439 e. The lowest BCUT2D eigenvalue weighted by atomic mass is 9.91. The first-order valence-corrected chi connectivity index (χ1v) is 6.91. The number of hydrogen-bond acceptors (Lipinski definition) is 3. The van der Waals surface area contributed by atoms with E-state index < -0.39 is 5.54 Å². The van der Waals surface area contributed by atoms with Gasteiger partial charge in [0.1, 0.15) is 5.52 Å². The highest BCUT2D eigenvalue weighted by Gasteiger charge is 2.33. The first-order chi connectivity index (χ1) is 8.67. The van der Waals surface area contributed by atoms with Crippen LogP contribution in [0, 0.1) is 0 Å². The van der Waals surface area contributed by atoms with Crippen LogP contribution in [0.15, 0.2) is 22.6 Å². The van der Waals surface area contributed by atoms with Gasteiger partial charge in [0.25, 0.3) is 0 Å². The van der Waals surface area contributed by atoms with Crippen molar-refractivity contribution < 1.29 is 4.42 Å². The fourth-order valence-corrected chi connectivity index (χ4v) is 2.85. The van der Waals surface area contributed by atoms with Crippen LogP contribution < -0.4 is 5.73 Å². The van der Waals surface area contributed by atoms with Crippen LogP contribution >= 0.6 is 11.6 Å². The van der Waals surface area contributed by atoms with Gasteiger partial charge >= 0.3 is 0 Å². The van der Waals surface area contributed by atoms with E-state index in [2.05, 4.69) is 4.98 Å². The summed E-state index contributed by atoms with van der Waals surface area (Å²) in [5.41, 5.74) is 7.66. The summed E-state index contributed by atoms with van der Waals surface area (Å²) in [5.74, 6) is 0.668. The van der Waals surface area contributed by atoms with Gasteiger partial charge in [0.2, 0.25) is 5.89 Å². The zero-order valence-corrected chi connectivity index (χ0v) is 11.0.